The van der Waals surface area contributed by atoms with Crippen LogP contribution in [0, 0.1) is 0 Å². The van der Waals surface area contributed by atoms with E-state index in [0.29, 0.717) is 5.82 Å². The molecule has 2 heteroatoms. The number of hydrogen-bond donors (Lipinski definition) is 0. The van der Waals surface area contributed by atoms with Crippen molar-refractivity contribution in [3.63, 3.8) is 0 Å². The van der Waals surface area contributed by atoms with Crippen LogP contribution in [0.3, 0.4) is 0 Å². The third kappa shape index (κ3) is 5.51. The Hall–Kier alpha value is -8.72. The molecule has 0 radical (unpaired) electrons. The number of nitrogens with zero attached hydrogens (tertiary/aromatic N) is 2. The largest absolute Gasteiger partial charge is 0.228 e. The minimum atomic E-state index is -0.392. The summed E-state index contributed by atoms with van der Waals surface area (Å²) >= 11 is 0. The van der Waals surface area contributed by atoms with Gasteiger partial charge in [0.2, 0.25) is 0 Å². The molecule has 310 valence electrons. The fraction of sp³-hybridized carbons (Fsp3) is 0.0154. The van der Waals surface area contributed by atoms with Gasteiger partial charge in [0.05, 0.1) is 16.8 Å². The Kier molecular flexibility index (Phi) is 8.23. The summed E-state index contributed by atoms with van der Waals surface area (Å²) in [5.74, 6) is 0.702. The Morgan fingerprint density at radius 3 is 1.39 bits per heavy atom. The molecule has 12 aromatic rings. The third-order valence-corrected chi connectivity index (χ3v) is 14.5. The zero-order valence-electron chi connectivity index (χ0n) is 36.5. The first kappa shape index (κ1) is 37.6. The Bertz CT molecular complexity index is 3920. The van der Waals surface area contributed by atoms with Gasteiger partial charge in [-0.25, -0.2) is 9.97 Å². The first-order chi connectivity index (χ1) is 33.2. The van der Waals surface area contributed by atoms with Gasteiger partial charge in [0.1, 0.15) is 0 Å². The molecule has 0 atom stereocenters. The van der Waals surface area contributed by atoms with Crippen LogP contribution in [-0.2, 0) is 5.41 Å². The van der Waals surface area contributed by atoms with Gasteiger partial charge in [-0.15, -0.1) is 0 Å². The van der Waals surface area contributed by atoms with Gasteiger partial charge in [0.15, 0.2) is 5.82 Å². The zero-order valence-corrected chi connectivity index (χ0v) is 36.5. The summed E-state index contributed by atoms with van der Waals surface area (Å²) in [4.78, 5) is 10.6. The standard InChI is InChI=1S/C65H40N2/c1-3-18-43(19-4-1)62-52-27-10-9-26-51(52)61(53-37-35-41-17-7-8-22-47(41)63(53)62)44-33-31-42(32-34-44)59-40-60(67-64(66-59)45-20-5-2-6-21-45)46-36-38-58-54(39-46)50-25-13-16-30-57(50)65(58)55-28-14-11-23-48(55)49-24-12-15-29-56(49)65/h1-40H. The molecule has 11 aromatic carbocycles. The number of hydrogen-bond acceptors (Lipinski definition) is 2. The average Bonchev–Trinajstić information content (AvgIpc) is 3.87. The van der Waals surface area contributed by atoms with E-state index in [4.69, 9.17) is 9.97 Å². The molecular weight excluding hydrogens is 809 g/mol. The summed E-state index contributed by atoms with van der Waals surface area (Å²) in [6.45, 7) is 0. The molecule has 0 amide bonds. The van der Waals surface area contributed by atoms with Gasteiger partial charge in [0, 0.05) is 16.7 Å². The lowest BCUT2D eigenvalue weighted by Crippen LogP contribution is -2.25. The van der Waals surface area contributed by atoms with Crippen LogP contribution in [0.4, 0.5) is 0 Å². The maximum atomic E-state index is 5.32. The van der Waals surface area contributed by atoms with Crippen LogP contribution >= 0.6 is 0 Å². The molecule has 0 unspecified atom stereocenters. The molecule has 2 aliphatic rings. The van der Waals surface area contributed by atoms with Gasteiger partial charge in [-0.2, -0.15) is 0 Å². The minimum absolute atomic E-state index is 0.392. The smallest absolute Gasteiger partial charge is 0.160 e. The maximum absolute atomic E-state index is 5.32. The maximum Gasteiger partial charge on any atom is 0.160 e. The van der Waals surface area contributed by atoms with Gasteiger partial charge in [-0.05, 0) is 111 Å². The minimum Gasteiger partial charge on any atom is -0.228 e. The molecule has 1 aromatic heterocycles. The monoisotopic (exact) mass is 848 g/mol. The highest BCUT2D eigenvalue weighted by molar-refractivity contribution is 6.28. The molecule has 1 heterocycles. The molecule has 0 bridgehead atoms. The van der Waals surface area contributed by atoms with Crippen LogP contribution < -0.4 is 0 Å². The lowest BCUT2D eigenvalue weighted by Gasteiger charge is -2.30. The molecule has 67 heavy (non-hydrogen) atoms. The SMILES string of the molecule is c1ccc(-c2nc(-c3ccc(-c4c5ccccc5c(-c5ccccc5)c5c4ccc4ccccc45)cc3)cc(-c3ccc4c(c3)-c3ccccc3C43c4ccccc4-c4ccccc43)n2)cc1. The second-order valence-electron chi connectivity index (χ2n) is 17.9. The van der Waals surface area contributed by atoms with Crippen LogP contribution in [0.25, 0.3) is 111 Å². The Balaban J connectivity index is 0.937. The van der Waals surface area contributed by atoms with Crippen molar-refractivity contribution < 1.29 is 0 Å². The van der Waals surface area contributed by atoms with Gasteiger partial charge in [0.25, 0.3) is 0 Å². The van der Waals surface area contributed by atoms with Gasteiger partial charge in [-0.3, -0.25) is 0 Å². The van der Waals surface area contributed by atoms with E-state index >= 15 is 0 Å². The quantitative estimate of drug-likeness (QED) is 0.127. The number of aromatic nitrogens is 2. The van der Waals surface area contributed by atoms with E-state index in [2.05, 4.69) is 237 Å². The first-order valence-electron chi connectivity index (χ1n) is 23.1. The molecule has 0 fully saturated rings. The summed E-state index contributed by atoms with van der Waals surface area (Å²) in [6, 6.07) is 88.6. The fourth-order valence-electron chi connectivity index (χ4n) is 11.7. The van der Waals surface area contributed by atoms with Crippen LogP contribution in [0.15, 0.2) is 243 Å². The Labute approximate surface area is 389 Å². The van der Waals surface area contributed by atoms with E-state index < -0.39 is 5.41 Å². The van der Waals surface area contributed by atoms with Crippen LogP contribution in [0.2, 0.25) is 0 Å². The molecule has 2 aliphatic carbocycles. The van der Waals surface area contributed by atoms with Gasteiger partial charge < -0.3 is 0 Å². The van der Waals surface area contributed by atoms with E-state index in [9.17, 15) is 0 Å². The summed E-state index contributed by atoms with van der Waals surface area (Å²) in [5, 5.41) is 7.49. The molecule has 0 saturated heterocycles. The Morgan fingerprint density at radius 2 is 0.731 bits per heavy atom. The Morgan fingerprint density at radius 1 is 0.269 bits per heavy atom. The molecule has 2 nitrogen and oxygen atoms in total. The van der Waals surface area contributed by atoms with E-state index in [1.807, 2.05) is 6.07 Å². The molecule has 0 saturated carbocycles. The fourth-order valence-corrected chi connectivity index (χ4v) is 11.7. The normalized spacial score (nSPS) is 12.9. The van der Waals surface area contributed by atoms with Crippen LogP contribution in [0.5, 0.6) is 0 Å². The molecule has 1 spiro atoms. The van der Waals surface area contributed by atoms with Gasteiger partial charge in [-0.1, -0.05) is 231 Å². The molecule has 14 rings (SSSR count). The summed E-state index contributed by atoms with van der Waals surface area (Å²) in [5.41, 5.74) is 19.8. The molecular formula is C65H40N2. The lowest BCUT2D eigenvalue weighted by atomic mass is 9.70. The number of fused-ring (bicyclic) bond motifs is 14. The topological polar surface area (TPSA) is 25.8 Å². The van der Waals surface area contributed by atoms with E-state index in [1.54, 1.807) is 0 Å². The predicted molar refractivity (Wildman–Crippen MR) is 278 cm³/mol. The van der Waals surface area contributed by atoms with E-state index in [1.165, 1.54) is 99.1 Å². The predicted octanol–water partition coefficient (Wildman–Crippen LogP) is 16.6. The second kappa shape index (κ2) is 14.7. The summed E-state index contributed by atoms with van der Waals surface area (Å²) in [7, 11) is 0. The highest BCUT2D eigenvalue weighted by Gasteiger charge is 2.51. The zero-order chi connectivity index (χ0) is 44.1. The third-order valence-electron chi connectivity index (χ3n) is 14.5. The van der Waals surface area contributed by atoms with E-state index in [-0.39, 0.29) is 0 Å². The summed E-state index contributed by atoms with van der Waals surface area (Å²) in [6.07, 6.45) is 0. The van der Waals surface area contributed by atoms with Crippen molar-refractivity contribution in [3.8, 4) is 78.4 Å². The highest BCUT2D eigenvalue weighted by atomic mass is 14.9. The van der Waals surface area contributed by atoms with Crippen molar-refractivity contribution in [1.29, 1.82) is 0 Å². The first-order valence-corrected chi connectivity index (χ1v) is 23.1. The number of rotatable bonds is 5. The average molecular weight is 849 g/mol. The van der Waals surface area contributed by atoms with Crippen molar-refractivity contribution in [2.24, 2.45) is 0 Å². The van der Waals surface area contributed by atoms with Gasteiger partial charge >= 0.3 is 0 Å². The second-order valence-corrected chi connectivity index (χ2v) is 17.9. The van der Waals surface area contributed by atoms with Crippen LogP contribution in [-0.4, -0.2) is 9.97 Å². The highest BCUT2D eigenvalue weighted by Crippen LogP contribution is 2.63. The number of benzene rings is 11. The molecule has 0 aliphatic heterocycles. The van der Waals surface area contributed by atoms with Crippen molar-refractivity contribution in [2.75, 3.05) is 0 Å². The van der Waals surface area contributed by atoms with Crippen molar-refractivity contribution in [2.45, 2.75) is 5.41 Å². The van der Waals surface area contributed by atoms with Crippen molar-refractivity contribution in [1.82, 2.24) is 9.97 Å². The lowest BCUT2D eigenvalue weighted by molar-refractivity contribution is 0.794. The van der Waals surface area contributed by atoms with Crippen molar-refractivity contribution >= 4 is 32.3 Å². The molecule has 0 N–H and O–H groups in total. The van der Waals surface area contributed by atoms with E-state index in [0.717, 1.165) is 28.1 Å². The van der Waals surface area contributed by atoms with Crippen LogP contribution in [0.1, 0.15) is 22.3 Å². The summed E-state index contributed by atoms with van der Waals surface area (Å²) < 4.78 is 0. The van der Waals surface area contributed by atoms with Crippen molar-refractivity contribution in [3.05, 3.63) is 265 Å².